The van der Waals surface area contributed by atoms with Crippen LogP contribution >= 0.6 is 11.6 Å². The lowest BCUT2D eigenvalue weighted by Crippen LogP contribution is -2.24. The summed E-state index contributed by atoms with van der Waals surface area (Å²) in [5.41, 5.74) is 4.34. The third-order valence-corrected chi connectivity index (χ3v) is 5.15. The van der Waals surface area contributed by atoms with E-state index in [4.69, 9.17) is 11.6 Å². The van der Waals surface area contributed by atoms with E-state index in [1.54, 1.807) is 4.68 Å². The van der Waals surface area contributed by atoms with Crippen molar-refractivity contribution in [2.45, 2.75) is 32.1 Å². The molecule has 1 aliphatic heterocycles. The van der Waals surface area contributed by atoms with E-state index in [0.29, 0.717) is 17.4 Å². The Bertz CT molecular complexity index is 942. The number of fused-ring (bicyclic) bond motifs is 1. The first-order valence-electron chi connectivity index (χ1n) is 8.76. The summed E-state index contributed by atoms with van der Waals surface area (Å²) >= 11 is 5.98. The van der Waals surface area contributed by atoms with Gasteiger partial charge >= 0.3 is 0 Å². The fraction of sp³-hybridized carbons (Fsp3) is 0.238. The predicted molar refractivity (Wildman–Crippen MR) is 104 cm³/mol. The van der Waals surface area contributed by atoms with E-state index < -0.39 is 0 Å². The number of rotatable bonds is 3. The molecule has 0 fully saturated rings. The number of benzene rings is 2. The summed E-state index contributed by atoms with van der Waals surface area (Å²) in [5, 5.41) is 8.16. The highest BCUT2D eigenvalue weighted by molar-refractivity contribution is 6.30. The first kappa shape index (κ1) is 16.9. The average molecular weight is 366 g/mol. The molecule has 1 N–H and O–H groups in total. The van der Waals surface area contributed by atoms with Crippen molar-refractivity contribution in [3.8, 4) is 5.69 Å². The second-order valence-electron chi connectivity index (χ2n) is 6.96. The third kappa shape index (κ3) is 3.01. The zero-order chi connectivity index (χ0) is 18.3. The Labute approximate surface area is 157 Å². The Morgan fingerprint density at radius 1 is 1.12 bits per heavy atom. The molecule has 1 atom stereocenters. The van der Waals surface area contributed by atoms with Gasteiger partial charge < -0.3 is 5.32 Å². The van der Waals surface area contributed by atoms with Crippen molar-refractivity contribution >= 4 is 23.3 Å². The fourth-order valence-corrected chi connectivity index (χ4v) is 3.53. The Kier molecular flexibility index (Phi) is 4.29. The van der Waals surface area contributed by atoms with Gasteiger partial charge in [-0.05, 0) is 41.3 Å². The Morgan fingerprint density at radius 2 is 1.81 bits per heavy atom. The molecule has 26 heavy (non-hydrogen) atoms. The summed E-state index contributed by atoms with van der Waals surface area (Å²) < 4.78 is 1.76. The molecule has 5 heteroatoms. The zero-order valence-electron chi connectivity index (χ0n) is 14.7. The van der Waals surface area contributed by atoms with Crippen LogP contribution in [0.15, 0.2) is 54.7 Å². The molecule has 1 aromatic heterocycles. The van der Waals surface area contributed by atoms with Crippen LogP contribution < -0.4 is 5.32 Å². The molecule has 0 bridgehead atoms. The molecule has 1 amide bonds. The molecule has 1 aliphatic rings. The van der Waals surface area contributed by atoms with Crippen LogP contribution in [0.4, 0.5) is 5.82 Å². The van der Waals surface area contributed by atoms with Crippen molar-refractivity contribution in [2.75, 3.05) is 5.32 Å². The van der Waals surface area contributed by atoms with Gasteiger partial charge in [0.05, 0.1) is 11.9 Å². The van der Waals surface area contributed by atoms with Crippen molar-refractivity contribution in [1.82, 2.24) is 9.78 Å². The number of nitrogens with zero attached hydrogens (tertiary/aromatic N) is 2. The van der Waals surface area contributed by atoms with Crippen LogP contribution in [0.3, 0.4) is 0 Å². The molecule has 4 rings (SSSR count). The van der Waals surface area contributed by atoms with Gasteiger partial charge in [0.25, 0.3) is 0 Å². The van der Waals surface area contributed by atoms with Crippen LogP contribution in [0.1, 0.15) is 48.8 Å². The molecule has 0 aliphatic carbocycles. The van der Waals surface area contributed by atoms with Crippen molar-refractivity contribution in [3.05, 3.63) is 76.4 Å². The van der Waals surface area contributed by atoms with Crippen LogP contribution in [0.25, 0.3) is 5.69 Å². The topological polar surface area (TPSA) is 46.9 Å². The van der Waals surface area contributed by atoms with Crippen molar-refractivity contribution in [2.24, 2.45) is 0 Å². The lowest BCUT2D eigenvalue weighted by Gasteiger charge is -2.24. The summed E-state index contributed by atoms with van der Waals surface area (Å²) in [6.07, 6.45) is 2.28. The van der Waals surface area contributed by atoms with Gasteiger partial charge in [0.2, 0.25) is 5.91 Å². The minimum absolute atomic E-state index is 0.00569. The Hall–Kier alpha value is -2.59. The van der Waals surface area contributed by atoms with E-state index in [0.717, 1.165) is 22.6 Å². The summed E-state index contributed by atoms with van der Waals surface area (Å²) in [4.78, 5) is 12.3. The minimum Gasteiger partial charge on any atom is -0.310 e. The van der Waals surface area contributed by atoms with Gasteiger partial charge in [0.1, 0.15) is 5.82 Å². The largest absolute Gasteiger partial charge is 0.310 e. The summed E-state index contributed by atoms with van der Waals surface area (Å²) in [6.45, 7) is 4.36. The van der Waals surface area contributed by atoms with Gasteiger partial charge in [-0.3, -0.25) is 4.79 Å². The highest BCUT2D eigenvalue weighted by atomic mass is 35.5. The SMILES string of the molecule is CC(C)c1ccc(C2CC(=O)Nc3c2cnn3-c2ccc(Cl)cc2)cc1. The first-order chi connectivity index (χ1) is 12.5. The normalized spacial score (nSPS) is 16.5. The third-order valence-electron chi connectivity index (χ3n) is 4.90. The van der Waals surface area contributed by atoms with Gasteiger partial charge in [0, 0.05) is 22.9 Å². The molecule has 132 valence electrons. The number of halogens is 1. The number of carbonyl (C=O) groups excluding carboxylic acids is 1. The Balaban J connectivity index is 1.74. The number of nitrogens with one attached hydrogen (secondary N) is 1. The molecule has 0 saturated carbocycles. The van der Waals surface area contributed by atoms with Crippen molar-refractivity contribution in [1.29, 1.82) is 0 Å². The maximum atomic E-state index is 12.3. The van der Waals surface area contributed by atoms with E-state index >= 15 is 0 Å². The lowest BCUT2D eigenvalue weighted by atomic mass is 9.86. The number of carbonyl (C=O) groups is 1. The average Bonchev–Trinajstić information content (AvgIpc) is 3.05. The number of amides is 1. The van der Waals surface area contributed by atoms with Gasteiger partial charge in [-0.1, -0.05) is 49.7 Å². The highest BCUT2D eigenvalue weighted by Gasteiger charge is 2.30. The van der Waals surface area contributed by atoms with E-state index in [1.165, 1.54) is 5.56 Å². The quantitative estimate of drug-likeness (QED) is 0.700. The van der Waals surface area contributed by atoms with E-state index in [1.807, 2.05) is 30.5 Å². The number of anilines is 1. The molecular formula is C21H20ClN3O. The van der Waals surface area contributed by atoms with Crippen LogP contribution in [0, 0.1) is 0 Å². The van der Waals surface area contributed by atoms with Crippen molar-refractivity contribution in [3.63, 3.8) is 0 Å². The maximum Gasteiger partial charge on any atom is 0.226 e. The van der Waals surface area contributed by atoms with E-state index in [9.17, 15) is 4.79 Å². The Morgan fingerprint density at radius 3 is 2.46 bits per heavy atom. The molecule has 3 aromatic rings. The fourth-order valence-electron chi connectivity index (χ4n) is 3.41. The molecule has 0 radical (unpaired) electrons. The number of aromatic nitrogens is 2. The highest BCUT2D eigenvalue weighted by Crippen LogP contribution is 2.38. The molecule has 2 aromatic carbocycles. The first-order valence-corrected chi connectivity index (χ1v) is 9.14. The van der Waals surface area contributed by atoms with Gasteiger partial charge in [-0.2, -0.15) is 5.10 Å². The summed E-state index contributed by atoms with van der Waals surface area (Å²) in [5.74, 6) is 1.25. The molecule has 4 nitrogen and oxygen atoms in total. The number of hydrogen-bond donors (Lipinski definition) is 1. The molecule has 0 saturated heterocycles. The lowest BCUT2D eigenvalue weighted by molar-refractivity contribution is -0.116. The molecule has 1 unspecified atom stereocenters. The maximum absolute atomic E-state index is 12.3. The second-order valence-corrected chi connectivity index (χ2v) is 7.40. The van der Waals surface area contributed by atoms with Crippen LogP contribution in [-0.4, -0.2) is 15.7 Å². The standard InChI is InChI=1S/C21H20ClN3O/c1-13(2)14-3-5-15(6-4-14)18-11-20(26)24-21-19(18)12-23-25(21)17-9-7-16(22)8-10-17/h3-10,12-13,18H,11H2,1-2H3,(H,24,26). The smallest absolute Gasteiger partial charge is 0.226 e. The van der Waals surface area contributed by atoms with Gasteiger partial charge in [-0.15, -0.1) is 0 Å². The molecule has 2 heterocycles. The second kappa shape index (κ2) is 6.61. The molecule has 0 spiro atoms. The predicted octanol–water partition coefficient (Wildman–Crippen LogP) is 5.12. The summed E-state index contributed by atoms with van der Waals surface area (Å²) in [6, 6.07) is 16.0. The van der Waals surface area contributed by atoms with Crippen LogP contribution in [-0.2, 0) is 4.79 Å². The molecular weight excluding hydrogens is 346 g/mol. The summed E-state index contributed by atoms with van der Waals surface area (Å²) in [7, 11) is 0. The van der Waals surface area contributed by atoms with Gasteiger partial charge in [0.15, 0.2) is 0 Å². The minimum atomic E-state index is 0.00569. The monoisotopic (exact) mass is 365 g/mol. The van der Waals surface area contributed by atoms with Crippen LogP contribution in [0.2, 0.25) is 5.02 Å². The van der Waals surface area contributed by atoms with Crippen LogP contribution in [0.5, 0.6) is 0 Å². The zero-order valence-corrected chi connectivity index (χ0v) is 15.5. The van der Waals surface area contributed by atoms with Gasteiger partial charge in [-0.25, -0.2) is 4.68 Å². The number of hydrogen-bond acceptors (Lipinski definition) is 2. The van der Waals surface area contributed by atoms with Crippen molar-refractivity contribution < 1.29 is 4.79 Å². The van der Waals surface area contributed by atoms with E-state index in [-0.39, 0.29) is 11.8 Å². The van der Waals surface area contributed by atoms with E-state index in [2.05, 4.69) is 48.5 Å².